The molecule has 7 nitrogen and oxygen atoms in total. The maximum Gasteiger partial charge on any atom is 0.330 e. The summed E-state index contributed by atoms with van der Waals surface area (Å²) in [6.07, 6.45) is 4.83. The van der Waals surface area contributed by atoms with Gasteiger partial charge >= 0.3 is 5.97 Å². The third-order valence-corrected chi connectivity index (χ3v) is 5.51. The summed E-state index contributed by atoms with van der Waals surface area (Å²) in [7, 11) is 1.92. The van der Waals surface area contributed by atoms with Gasteiger partial charge in [-0.05, 0) is 31.9 Å². The van der Waals surface area contributed by atoms with Crippen molar-refractivity contribution in [3.05, 3.63) is 48.0 Å². The Morgan fingerprint density at radius 2 is 2.00 bits per heavy atom. The average Bonchev–Trinajstić information content (AvgIpc) is 3.19. The maximum atomic E-state index is 12.3. The molecule has 3 aromatic rings. The van der Waals surface area contributed by atoms with Crippen LogP contribution in [0, 0.1) is 6.92 Å². The van der Waals surface area contributed by atoms with Crippen molar-refractivity contribution < 1.29 is 9.90 Å². The van der Waals surface area contributed by atoms with E-state index in [1.54, 1.807) is 6.33 Å². The van der Waals surface area contributed by atoms with Crippen LogP contribution in [0.15, 0.2) is 36.8 Å². The molecule has 1 aliphatic heterocycles. The number of benzene rings is 1. The first-order valence-electron chi connectivity index (χ1n) is 8.87. The number of likely N-dealkylation sites (tertiary alicyclic amines) is 1. The van der Waals surface area contributed by atoms with E-state index in [0.29, 0.717) is 12.8 Å². The average molecular weight is 353 g/mol. The van der Waals surface area contributed by atoms with E-state index in [9.17, 15) is 9.90 Å². The molecule has 0 unspecified atom stereocenters. The van der Waals surface area contributed by atoms with Crippen molar-refractivity contribution in [2.45, 2.75) is 31.8 Å². The number of imidazole rings is 1. The van der Waals surface area contributed by atoms with Crippen LogP contribution in [0.3, 0.4) is 0 Å². The number of hydrogen-bond donors (Lipinski definition) is 1. The molecule has 0 saturated carbocycles. The molecule has 0 spiro atoms. The number of hydrogen-bond acceptors (Lipinski definition) is 4. The number of rotatable bonds is 4. The van der Waals surface area contributed by atoms with Gasteiger partial charge in [-0.1, -0.05) is 12.1 Å². The summed E-state index contributed by atoms with van der Waals surface area (Å²) in [6, 6.07) is 7.71. The highest BCUT2D eigenvalue weighted by molar-refractivity contribution is 5.82. The van der Waals surface area contributed by atoms with Crippen molar-refractivity contribution in [2.75, 3.05) is 13.1 Å². The number of carboxylic acid groups (broad SMARTS) is 1. The van der Waals surface area contributed by atoms with E-state index >= 15 is 0 Å². The Morgan fingerprint density at radius 3 is 2.65 bits per heavy atom. The fourth-order valence-corrected chi connectivity index (χ4v) is 3.98. The van der Waals surface area contributed by atoms with E-state index in [-0.39, 0.29) is 0 Å². The Kier molecular flexibility index (Phi) is 4.03. The van der Waals surface area contributed by atoms with Crippen molar-refractivity contribution in [2.24, 2.45) is 7.05 Å². The van der Waals surface area contributed by atoms with Crippen LogP contribution in [0.25, 0.3) is 11.0 Å². The predicted octanol–water partition coefficient (Wildman–Crippen LogP) is 2.15. The highest BCUT2D eigenvalue weighted by atomic mass is 16.4. The summed E-state index contributed by atoms with van der Waals surface area (Å²) in [5.74, 6) is -0.780. The zero-order valence-electron chi connectivity index (χ0n) is 15.1. The Balaban J connectivity index is 1.58. The Hall–Kier alpha value is -2.67. The molecule has 0 amide bonds. The molecule has 4 rings (SSSR count). The van der Waals surface area contributed by atoms with Crippen LogP contribution >= 0.6 is 0 Å². The number of carboxylic acids is 1. The quantitative estimate of drug-likeness (QED) is 0.778. The van der Waals surface area contributed by atoms with Crippen LogP contribution in [0.5, 0.6) is 0 Å². The molecule has 0 radical (unpaired) electrons. The molecule has 1 fully saturated rings. The predicted molar refractivity (Wildman–Crippen MR) is 97.8 cm³/mol. The van der Waals surface area contributed by atoms with E-state index in [1.165, 1.54) is 5.56 Å². The molecule has 7 heteroatoms. The number of aryl methyl sites for hydroxylation is 2. The van der Waals surface area contributed by atoms with Crippen LogP contribution in [-0.4, -0.2) is 48.4 Å². The van der Waals surface area contributed by atoms with Crippen LogP contribution in [0.4, 0.5) is 0 Å². The molecule has 136 valence electrons. The van der Waals surface area contributed by atoms with Gasteiger partial charge < -0.3 is 9.67 Å². The molecule has 0 atom stereocenters. The monoisotopic (exact) mass is 353 g/mol. The van der Waals surface area contributed by atoms with Crippen molar-refractivity contribution in [1.29, 1.82) is 0 Å². The van der Waals surface area contributed by atoms with Crippen molar-refractivity contribution >= 4 is 17.0 Å². The second-order valence-corrected chi connectivity index (χ2v) is 7.13. The minimum atomic E-state index is -0.934. The number of para-hydroxylation sites is 2. The second kappa shape index (κ2) is 6.25. The van der Waals surface area contributed by atoms with Gasteiger partial charge in [0.15, 0.2) is 0 Å². The normalized spacial score (nSPS) is 17.6. The first kappa shape index (κ1) is 16.8. The molecule has 0 aliphatic carbocycles. The molecule has 1 saturated heterocycles. The number of aromatic nitrogens is 4. The number of fused-ring (bicyclic) bond motifs is 1. The molecule has 26 heavy (non-hydrogen) atoms. The van der Waals surface area contributed by atoms with E-state index in [2.05, 4.69) is 15.0 Å². The van der Waals surface area contributed by atoms with Crippen LogP contribution in [-0.2, 0) is 23.9 Å². The number of piperidine rings is 1. The topological polar surface area (TPSA) is 76.2 Å². The van der Waals surface area contributed by atoms with Crippen LogP contribution in [0.1, 0.15) is 24.1 Å². The van der Waals surface area contributed by atoms with Gasteiger partial charge in [-0.3, -0.25) is 9.58 Å². The third-order valence-electron chi connectivity index (χ3n) is 5.51. The van der Waals surface area contributed by atoms with E-state index < -0.39 is 11.5 Å². The summed E-state index contributed by atoms with van der Waals surface area (Å²) >= 11 is 0. The summed E-state index contributed by atoms with van der Waals surface area (Å²) in [4.78, 5) is 19.0. The highest BCUT2D eigenvalue weighted by Gasteiger charge is 2.44. The fraction of sp³-hybridized carbons (Fsp3) is 0.421. The SMILES string of the molecule is Cc1nn(C)cc1CN1CCC(C(=O)O)(n2cnc3ccccc32)CC1. The van der Waals surface area contributed by atoms with Gasteiger partial charge in [-0.2, -0.15) is 5.10 Å². The molecule has 1 N–H and O–H groups in total. The van der Waals surface area contributed by atoms with E-state index in [0.717, 1.165) is 36.4 Å². The Morgan fingerprint density at radius 1 is 1.27 bits per heavy atom. The summed E-state index contributed by atoms with van der Waals surface area (Å²) in [5.41, 5.74) is 3.01. The first-order chi connectivity index (χ1) is 12.5. The molecule has 1 aromatic carbocycles. The van der Waals surface area contributed by atoms with Crippen molar-refractivity contribution in [1.82, 2.24) is 24.2 Å². The van der Waals surface area contributed by atoms with Crippen LogP contribution < -0.4 is 0 Å². The zero-order valence-corrected chi connectivity index (χ0v) is 15.1. The van der Waals surface area contributed by atoms with E-state index in [1.807, 2.05) is 53.7 Å². The van der Waals surface area contributed by atoms with Gasteiger partial charge in [0, 0.05) is 38.4 Å². The lowest BCUT2D eigenvalue weighted by Gasteiger charge is -2.40. The van der Waals surface area contributed by atoms with Gasteiger partial charge in [-0.15, -0.1) is 0 Å². The van der Waals surface area contributed by atoms with Crippen molar-refractivity contribution in [3.63, 3.8) is 0 Å². The van der Waals surface area contributed by atoms with Gasteiger partial charge in [-0.25, -0.2) is 9.78 Å². The summed E-state index contributed by atoms with van der Waals surface area (Å²) < 4.78 is 3.69. The molecule has 1 aliphatic rings. The van der Waals surface area contributed by atoms with Gasteiger partial charge in [0.25, 0.3) is 0 Å². The molecular weight excluding hydrogens is 330 g/mol. The highest BCUT2D eigenvalue weighted by Crippen LogP contribution is 2.34. The molecule has 2 aromatic heterocycles. The first-order valence-corrected chi connectivity index (χ1v) is 8.87. The minimum Gasteiger partial charge on any atom is -0.479 e. The zero-order chi connectivity index (χ0) is 18.3. The summed E-state index contributed by atoms with van der Waals surface area (Å²) in [5, 5.41) is 14.5. The second-order valence-electron chi connectivity index (χ2n) is 7.13. The minimum absolute atomic E-state index is 0.558. The lowest BCUT2D eigenvalue weighted by Crippen LogP contribution is -2.50. The van der Waals surface area contributed by atoms with Crippen LogP contribution in [0.2, 0.25) is 0 Å². The maximum absolute atomic E-state index is 12.3. The Labute approximate surface area is 151 Å². The van der Waals surface area contributed by atoms with Crippen molar-refractivity contribution in [3.8, 4) is 0 Å². The van der Waals surface area contributed by atoms with E-state index in [4.69, 9.17) is 0 Å². The number of nitrogens with zero attached hydrogens (tertiary/aromatic N) is 5. The third kappa shape index (κ3) is 2.68. The summed E-state index contributed by atoms with van der Waals surface area (Å²) in [6.45, 7) is 4.28. The lowest BCUT2D eigenvalue weighted by molar-refractivity contribution is -0.150. The lowest BCUT2D eigenvalue weighted by atomic mass is 9.86. The van der Waals surface area contributed by atoms with Gasteiger partial charge in [0.05, 0.1) is 23.1 Å². The smallest absolute Gasteiger partial charge is 0.330 e. The standard InChI is InChI=1S/C19H23N5O2/c1-14-15(11-22(2)21-14)12-23-9-7-19(8-10-23,18(25)26)24-13-20-16-5-3-4-6-17(16)24/h3-6,11,13H,7-10,12H2,1-2H3,(H,25,26). The largest absolute Gasteiger partial charge is 0.479 e. The molecular formula is C19H23N5O2. The van der Waals surface area contributed by atoms with Gasteiger partial charge in [0.2, 0.25) is 0 Å². The number of carbonyl (C=O) groups is 1. The molecule has 0 bridgehead atoms. The van der Waals surface area contributed by atoms with Gasteiger partial charge in [0.1, 0.15) is 5.54 Å². The fourth-order valence-electron chi connectivity index (χ4n) is 3.98. The Bertz CT molecular complexity index is 950. The molecule has 3 heterocycles. The number of aliphatic carboxylic acids is 1.